The van der Waals surface area contributed by atoms with Crippen LogP contribution in [0.1, 0.15) is 30.2 Å². The molecule has 0 spiro atoms. The topological polar surface area (TPSA) is 79.2 Å². The largest absolute Gasteiger partial charge is 0.261 e. The van der Waals surface area contributed by atoms with Gasteiger partial charge in [0.25, 0.3) is 0 Å². The van der Waals surface area contributed by atoms with Crippen LogP contribution in [-0.2, 0) is 13.1 Å². The second kappa shape index (κ2) is 7.09. The minimum Gasteiger partial charge on any atom is -0.261 e. The molecule has 4 aromatic rings. The van der Waals surface area contributed by atoms with E-state index in [4.69, 9.17) is 16.6 Å². The van der Waals surface area contributed by atoms with E-state index in [1.54, 1.807) is 28.1 Å². The molecule has 8 nitrogen and oxygen atoms in total. The van der Waals surface area contributed by atoms with E-state index in [-0.39, 0.29) is 6.04 Å². The summed E-state index contributed by atoms with van der Waals surface area (Å²) >= 11 is 6.02. The van der Waals surface area contributed by atoms with Crippen LogP contribution in [0.25, 0.3) is 0 Å². The molecule has 0 radical (unpaired) electrons. The zero-order valence-electron chi connectivity index (χ0n) is 14.1. The van der Waals surface area contributed by atoms with E-state index in [9.17, 15) is 0 Å². The molecule has 0 N–H and O–H groups in total. The monoisotopic (exact) mass is 368 g/mol. The molecule has 0 fully saturated rings. The van der Waals surface area contributed by atoms with E-state index in [0.29, 0.717) is 23.9 Å². The van der Waals surface area contributed by atoms with Crippen LogP contribution in [0, 0.1) is 0 Å². The van der Waals surface area contributed by atoms with Crippen LogP contribution < -0.4 is 0 Å². The van der Waals surface area contributed by atoms with Gasteiger partial charge in [0.15, 0.2) is 11.6 Å². The lowest BCUT2D eigenvalue weighted by atomic mass is 10.2. The first kappa shape index (κ1) is 16.5. The van der Waals surface area contributed by atoms with Gasteiger partial charge in [0.05, 0.1) is 17.8 Å². The van der Waals surface area contributed by atoms with Gasteiger partial charge in [0, 0.05) is 6.20 Å². The SMILES string of the molecule is C[C@@H](c1nc(Cn2cncn2)nn1Cc1ccccc1)n1cc(Cl)cn1. The molecule has 132 valence electrons. The van der Waals surface area contributed by atoms with Gasteiger partial charge in [-0.15, -0.1) is 0 Å². The lowest BCUT2D eigenvalue weighted by Gasteiger charge is -2.13. The smallest absolute Gasteiger partial charge is 0.172 e. The molecule has 1 aromatic carbocycles. The lowest BCUT2D eigenvalue weighted by molar-refractivity contribution is 0.496. The van der Waals surface area contributed by atoms with Crippen molar-refractivity contribution < 1.29 is 0 Å². The summed E-state index contributed by atoms with van der Waals surface area (Å²) in [4.78, 5) is 8.69. The van der Waals surface area contributed by atoms with Crippen molar-refractivity contribution in [3.05, 3.63) is 77.6 Å². The van der Waals surface area contributed by atoms with Crippen molar-refractivity contribution in [2.24, 2.45) is 0 Å². The van der Waals surface area contributed by atoms with E-state index in [0.717, 1.165) is 11.4 Å². The Bertz CT molecular complexity index is 974. The van der Waals surface area contributed by atoms with Crippen LogP contribution in [-0.4, -0.2) is 39.3 Å². The van der Waals surface area contributed by atoms with Crippen LogP contribution in [0.5, 0.6) is 0 Å². The minimum atomic E-state index is -0.108. The van der Waals surface area contributed by atoms with Crippen LogP contribution in [0.2, 0.25) is 5.02 Å². The molecule has 0 aliphatic heterocycles. The molecule has 0 saturated heterocycles. The fourth-order valence-corrected chi connectivity index (χ4v) is 2.90. The first-order valence-electron chi connectivity index (χ1n) is 8.18. The second-order valence-corrected chi connectivity index (χ2v) is 6.37. The third-order valence-electron chi connectivity index (χ3n) is 4.03. The van der Waals surface area contributed by atoms with Crippen molar-refractivity contribution in [1.82, 2.24) is 39.3 Å². The standard InChI is InChI=1S/C17H17ClN8/c1-13(25-9-15(18)7-20-25)17-22-16(10-24-12-19-11-21-24)23-26(17)8-14-5-3-2-4-6-14/h2-7,9,11-13H,8,10H2,1H3/t13-/m0/s1. The maximum atomic E-state index is 6.02. The molecule has 0 saturated carbocycles. The predicted octanol–water partition coefficient (Wildman–Crippen LogP) is 2.43. The maximum Gasteiger partial charge on any atom is 0.172 e. The summed E-state index contributed by atoms with van der Waals surface area (Å²) in [6.45, 7) is 3.11. The van der Waals surface area contributed by atoms with E-state index in [1.165, 1.54) is 6.33 Å². The van der Waals surface area contributed by atoms with Gasteiger partial charge in [-0.3, -0.25) is 4.68 Å². The predicted molar refractivity (Wildman–Crippen MR) is 95.7 cm³/mol. The van der Waals surface area contributed by atoms with Gasteiger partial charge in [-0.1, -0.05) is 41.9 Å². The first-order valence-corrected chi connectivity index (χ1v) is 8.56. The number of hydrogen-bond donors (Lipinski definition) is 0. The van der Waals surface area contributed by atoms with Gasteiger partial charge in [-0.05, 0) is 12.5 Å². The third-order valence-corrected chi connectivity index (χ3v) is 4.23. The van der Waals surface area contributed by atoms with Crippen LogP contribution in [0.4, 0.5) is 0 Å². The summed E-state index contributed by atoms with van der Waals surface area (Å²) in [5.41, 5.74) is 1.15. The number of hydrogen-bond acceptors (Lipinski definition) is 5. The summed E-state index contributed by atoms with van der Waals surface area (Å²) in [5.74, 6) is 1.48. The molecule has 4 rings (SSSR count). The molecule has 26 heavy (non-hydrogen) atoms. The van der Waals surface area contributed by atoms with E-state index in [1.807, 2.05) is 29.8 Å². The van der Waals surface area contributed by atoms with E-state index < -0.39 is 0 Å². The molecular formula is C17H17ClN8. The number of aromatic nitrogens is 8. The maximum absolute atomic E-state index is 6.02. The van der Waals surface area contributed by atoms with Gasteiger partial charge in [0.2, 0.25) is 0 Å². The first-order chi connectivity index (χ1) is 12.7. The van der Waals surface area contributed by atoms with Gasteiger partial charge < -0.3 is 0 Å². The molecule has 0 aliphatic rings. The fourth-order valence-electron chi connectivity index (χ4n) is 2.76. The normalized spacial score (nSPS) is 12.4. The second-order valence-electron chi connectivity index (χ2n) is 5.94. The van der Waals surface area contributed by atoms with E-state index >= 15 is 0 Å². The Morgan fingerprint density at radius 3 is 2.65 bits per heavy atom. The summed E-state index contributed by atoms with van der Waals surface area (Å²) < 4.78 is 5.39. The van der Waals surface area contributed by atoms with Crippen LogP contribution in [0.15, 0.2) is 55.4 Å². The zero-order chi connectivity index (χ0) is 17.9. The number of benzene rings is 1. The van der Waals surface area contributed by atoms with Crippen molar-refractivity contribution >= 4 is 11.6 Å². The van der Waals surface area contributed by atoms with Crippen molar-refractivity contribution in [2.75, 3.05) is 0 Å². The Balaban J connectivity index is 1.68. The highest BCUT2D eigenvalue weighted by atomic mass is 35.5. The number of rotatable bonds is 6. The quantitative estimate of drug-likeness (QED) is 0.522. The van der Waals surface area contributed by atoms with Crippen LogP contribution >= 0.6 is 11.6 Å². The Morgan fingerprint density at radius 1 is 1.12 bits per heavy atom. The summed E-state index contributed by atoms with van der Waals surface area (Å²) in [6.07, 6.45) is 6.54. The minimum absolute atomic E-state index is 0.108. The van der Waals surface area contributed by atoms with Gasteiger partial charge >= 0.3 is 0 Å². The molecular weight excluding hydrogens is 352 g/mol. The summed E-state index contributed by atoms with van der Waals surface area (Å²) in [6, 6.07) is 10.0. The summed E-state index contributed by atoms with van der Waals surface area (Å²) in [7, 11) is 0. The van der Waals surface area contributed by atoms with Crippen LogP contribution in [0.3, 0.4) is 0 Å². The Morgan fingerprint density at radius 2 is 1.96 bits per heavy atom. The average molecular weight is 369 g/mol. The molecule has 0 amide bonds. The molecule has 3 aromatic heterocycles. The highest BCUT2D eigenvalue weighted by Crippen LogP contribution is 2.19. The summed E-state index contributed by atoms with van der Waals surface area (Å²) in [5, 5.41) is 13.7. The Labute approximate surface area is 155 Å². The van der Waals surface area contributed by atoms with E-state index in [2.05, 4.69) is 32.4 Å². The van der Waals surface area contributed by atoms with Crippen molar-refractivity contribution in [1.29, 1.82) is 0 Å². The highest BCUT2D eigenvalue weighted by molar-refractivity contribution is 6.30. The lowest BCUT2D eigenvalue weighted by Crippen LogP contribution is -2.15. The molecule has 0 unspecified atom stereocenters. The number of halogens is 1. The average Bonchev–Trinajstić information content (AvgIpc) is 3.38. The third kappa shape index (κ3) is 3.50. The zero-order valence-corrected chi connectivity index (χ0v) is 14.9. The van der Waals surface area contributed by atoms with Crippen molar-refractivity contribution in [3.8, 4) is 0 Å². The Hall–Kier alpha value is -3.00. The number of nitrogens with zero attached hydrogens (tertiary/aromatic N) is 8. The molecule has 0 aliphatic carbocycles. The molecule has 3 heterocycles. The fraction of sp³-hybridized carbons (Fsp3) is 0.235. The van der Waals surface area contributed by atoms with Gasteiger partial charge in [0.1, 0.15) is 25.2 Å². The van der Waals surface area contributed by atoms with Crippen molar-refractivity contribution in [3.63, 3.8) is 0 Å². The van der Waals surface area contributed by atoms with Gasteiger partial charge in [-0.2, -0.15) is 15.3 Å². The highest BCUT2D eigenvalue weighted by Gasteiger charge is 2.19. The molecule has 1 atom stereocenters. The Kier molecular flexibility index (Phi) is 4.49. The molecule has 0 bridgehead atoms. The van der Waals surface area contributed by atoms with Gasteiger partial charge in [-0.25, -0.2) is 19.3 Å². The molecule has 9 heteroatoms. The van der Waals surface area contributed by atoms with Crippen molar-refractivity contribution in [2.45, 2.75) is 26.1 Å².